The summed E-state index contributed by atoms with van der Waals surface area (Å²) in [5, 5.41) is 12.2. The van der Waals surface area contributed by atoms with Crippen molar-refractivity contribution in [3.63, 3.8) is 0 Å². The zero-order valence-electron chi connectivity index (χ0n) is 15.1. The maximum Gasteiger partial charge on any atom is 0.320 e. The van der Waals surface area contributed by atoms with Gasteiger partial charge >= 0.3 is 6.03 Å². The van der Waals surface area contributed by atoms with E-state index in [4.69, 9.17) is 4.74 Å². The van der Waals surface area contributed by atoms with Crippen LogP contribution in [0.2, 0.25) is 0 Å². The van der Waals surface area contributed by atoms with Gasteiger partial charge < -0.3 is 20.1 Å². The van der Waals surface area contributed by atoms with E-state index in [1.807, 2.05) is 11.0 Å². The molecule has 1 aliphatic rings. The van der Waals surface area contributed by atoms with Crippen LogP contribution in [-0.2, 0) is 6.42 Å². The number of hydrogen-bond donors (Lipinski definition) is 2. The van der Waals surface area contributed by atoms with Crippen LogP contribution in [0.5, 0.6) is 11.5 Å². The molecule has 0 aromatic heterocycles. The van der Waals surface area contributed by atoms with Crippen LogP contribution in [0.15, 0.2) is 54.6 Å². The van der Waals surface area contributed by atoms with E-state index < -0.39 is 6.23 Å². The number of rotatable bonds is 5. The molecule has 1 aliphatic heterocycles. The van der Waals surface area contributed by atoms with E-state index in [0.717, 1.165) is 32.4 Å². The first-order valence-corrected chi connectivity index (χ1v) is 9.15. The van der Waals surface area contributed by atoms with Gasteiger partial charge in [0.05, 0.1) is 0 Å². The van der Waals surface area contributed by atoms with E-state index in [-0.39, 0.29) is 11.8 Å². The molecule has 5 heteroatoms. The van der Waals surface area contributed by atoms with Crippen molar-refractivity contribution in [1.82, 2.24) is 10.2 Å². The van der Waals surface area contributed by atoms with Gasteiger partial charge in [-0.25, -0.2) is 4.79 Å². The summed E-state index contributed by atoms with van der Waals surface area (Å²) in [4.78, 5) is 14.3. The van der Waals surface area contributed by atoms with Crippen molar-refractivity contribution in [3.8, 4) is 11.5 Å². The smallest absolute Gasteiger partial charge is 0.320 e. The number of aromatic hydroxyl groups is 1. The molecule has 0 bridgehead atoms. The summed E-state index contributed by atoms with van der Waals surface area (Å²) in [6.45, 7) is 3.34. The summed E-state index contributed by atoms with van der Waals surface area (Å²) in [5.74, 6) is 1.43. The highest BCUT2D eigenvalue weighted by Gasteiger charge is 2.24. The van der Waals surface area contributed by atoms with Gasteiger partial charge in [0.2, 0.25) is 0 Å². The third-order valence-electron chi connectivity index (χ3n) is 4.75. The van der Waals surface area contributed by atoms with Gasteiger partial charge in [0.15, 0.2) is 6.23 Å². The molecular weight excluding hydrogens is 328 g/mol. The zero-order chi connectivity index (χ0) is 18.4. The minimum absolute atomic E-state index is 0.0885. The number of carbonyl (C=O) groups excluding carboxylic acids is 1. The standard InChI is InChI=1S/C21H26N2O3/c1-16(26-20-9-7-19(24)8-10-20)22-21(25)23-13-11-18(12-14-23)15-17-5-3-2-4-6-17/h2-10,16,18,24H,11-15H2,1H3,(H,22,25). The highest BCUT2D eigenvalue weighted by molar-refractivity contribution is 5.74. The van der Waals surface area contributed by atoms with Gasteiger partial charge in [-0.15, -0.1) is 0 Å². The largest absolute Gasteiger partial charge is 0.508 e. The SMILES string of the molecule is CC(NC(=O)N1CCC(Cc2ccccc2)CC1)Oc1ccc(O)cc1. The predicted octanol–water partition coefficient (Wildman–Crippen LogP) is 3.78. The fourth-order valence-corrected chi connectivity index (χ4v) is 3.31. The monoisotopic (exact) mass is 354 g/mol. The Morgan fingerprint density at radius 3 is 2.46 bits per heavy atom. The van der Waals surface area contributed by atoms with Gasteiger partial charge in [-0.05, 0) is 61.9 Å². The molecule has 2 aromatic carbocycles. The molecule has 26 heavy (non-hydrogen) atoms. The summed E-state index contributed by atoms with van der Waals surface area (Å²) in [6, 6.07) is 16.9. The van der Waals surface area contributed by atoms with Crippen molar-refractivity contribution in [1.29, 1.82) is 0 Å². The average molecular weight is 354 g/mol. The van der Waals surface area contributed by atoms with Crippen molar-refractivity contribution >= 4 is 6.03 Å². The molecule has 0 spiro atoms. The van der Waals surface area contributed by atoms with Gasteiger partial charge in [-0.3, -0.25) is 0 Å². The van der Waals surface area contributed by atoms with Crippen LogP contribution in [0.25, 0.3) is 0 Å². The van der Waals surface area contributed by atoms with Crippen molar-refractivity contribution in [2.24, 2.45) is 5.92 Å². The Morgan fingerprint density at radius 1 is 1.15 bits per heavy atom. The quantitative estimate of drug-likeness (QED) is 0.803. The highest BCUT2D eigenvalue weighted by Crippen LogP contribution is 2.22. The van der Waals surface area contributed by atoms with Crippen LogP contribution in [0, 0.1) is 5.92 Å². The minimum atomic E-state index is -0.436. The van der Waals surface area contributed by atoms with Crippen molar-refractivity contribution in [3.05, 3.63) is 60.2 Å². The first-order chi connectivity index (χ1) is 12.6. The Morgan fingerprint density at radius 2 is 1.81 bits per heavy atom. The molecule has 3 rings (SSSR count). The van der Waals surface area contributed by atoms with Crippen molar-refractivity contribution in [2.45, 2.75) is 32.4 Å². The molecule has 1 saturated heterocycles. The lowest BCUT2D eigenvalue weighted by atomic mass is 9.90. The molecule has 0 radical (unpaired) electrons. The number of likely N-dealkylation sites (tertiary alicyclic amines) is 1. The second-order valence-electron chi connectivity index (χ2n) is 6.82. The lowest BCUT2D eigenvalue weighted by Crippen LogP contribution is -2.48. The fourth-order valence-electron chi connectivity index (χ4n) is 3.31. The molecule has 5 nitrogen and oxygen atoms in total. The number of benzene rings is 2. The molecule has 2 aromatic rings. The molecule has 1 atom stereocenters. The van der Waals surface area contributed by atoms with Crippen LogP contribution < -0.4 is 10.1 Å². The Hall–Kier alpha value is -2.69. The van der Waals surface area contributed by atoms with E-state index in [9.17, 15) is 9.90 Å². The number of amides is 2. The molecule has 1 unspecified atom stereocenters. The predicted molar refractivity (Wildman–Crippen MR) is 101 cm³/mol. The second-order valence-corrected chi connectivity index (χ2v) is 6.82. The lowest BCUT2D eigenvalue weighted by Gasteiger charge is -2.33. The maximum absolute atomic E-state index is 12.4. The molecular formula is C21H26N2O3. The highest BCUT2D eigenvalue weighted by atomic mass is 16.5. The van der Waals surface area contributed by atoms with Gasteiger partial charge in [0, 0.05) is 13.1 Å². The number of nitrogens with one attached hydrogen (secondary N) is 1. The first-order valence-electron chi connectivity index (χ1n) is 9.15. The third-order valence-corrected chi connectivity index (χ3v) is 4.75. The summed E-state index contributed by atoms with van der Waals surface area (Å²) < 4.78 is 5.66. The maximum atomic E-state index is 12.4. The zero-order valence-corrected chi connectivity index (χ0v) is 15.1. The molecule has 2 amide bonds. The van der Waals surface area contributed by atoms with E-state index in [1.165, 1.54) is 5.56 Å². The Kier molecular flexibility index (Phi) is 6.00. The van der Waals surface area contributed by atoms with Gasteiger partial charge in [0.25, 0.3) is 0 Å². The number of piperidine rings is 1. The second kappa shape index (κ2) is 8.61. The van der Waals surface area contributed by atoms with Gasteiger partial charge in [-0.2, -0.15) is 0 Å². The number of phenolic OH excluding ortho intramolecular Hbond substituents is 1. The molecule has 0 aliphatic carbocycles. The summed E-state index contributed by atoms with van der Waals surface area (Å²) in [6.07, 6.45) is 2.69. The first kappa shape index (κ1) is 18.1. The number of phenols is 1. The normalized spacial score (nSPS) is 16.1. The molecule has 138 valence electrons. The summed E-state index contributed by atoms with van der Waals surface area (Å²) in [7, 11) is 0. The van der Waals surface area contributed by atoms with Gasteiger partial charge in [-0.1, -0.05) is 30.3 Å². The van der Waals surface area contributed by atoms with Crippen molar-refractivity contribution < 1.29 is 14.6 Å². The fraction of sp³-hybridized carbons (Fsp3) is 0.381. The summed E-state index contributed by atoms with van der Waals surface area (Å²) in [5.41, 5.74) is 1.37. The summed E-state index contributed by atoms with van der Waals surface area (Å²) >= 11 is 0. The average Bonchev–Trinajstić information content (AvgIpc) is 2.65. The van der Waals surface area contributed by atoms with Crippen LogP contribution in [-0.4, -0.2) is 35.4 Å². The number of ether oxygens (including phenoxy) is 1. The van der Waals surface area contributed by atoms with E-state index in [2.05, 4.69) is 29.6 Å². The Bertz CT molecular complexity index is 695. The number of carbonyl (C=O) groups is 1. The van der Waals surface area contributed by atoms with Crippen LogP contribution in [0.1, 0.15) is 25.3 Å². The number of hydrogen-bond acceptors (Lipinski definition) is 3. The number of nitrogens with zero attached hydrogens (tertiary/aromatic N) is 1. The minimum Gasteiger partial charge on any atom is -0.508 e. The van der Waals surface area contributed by atoms with Crippen molar-refractivity contribution in [2.75, 3.05) is 13.1 Å². The Labute approximate surface area is 154 Å². The molecule has 2 N–H and O–H groups in total. The van der Waals surface area contributed by atoms with Crippen LogP contribution in [0.3, 0.4) is 0 Å². The molecule has 0 saturated carbocycles. The van der Waals surface area contributed by atoms with E-state index in [0.29, 0.717) is 11.7 Å². The molecule has 1 fully saturated rings. The molecule has 1 heterocycles. The lowest BCUT2D eigenvalue weighted by molar-refractivity contribution is 0.138. The topological polar surface area (TPSA) is 61.8 Å². The van der Waals surface area contributed by atoms with E-state index >= 15 is 0 Å². The van der Waals surface area contributed by atoms with Gasteiger partial charge in [0.1, 0.15) is 11.5 Å². The number of urea groups is 1. The van der Waals surface area contributed by atoms with E-state index in [1.54, 1.807) is 31.2 Å². The van der Waals surface area contributed by atoms with Crippen LogP contribution in [0.4, 0.5) is 4.79 Å². The van der Waals surface area contributed by atoms with Crippen LogP contribution >= 0.6 is 0 Å². The Balaban J connectivity index is 1.42. The third kappa shape index (κ3) is 5.15.